The summed E-state index contributed by atoms with van der Waals surface area (Å²) in [7, 11) is 1.71. The van der Waals surface area contributed by atoms with Crippen LogP contribution in [0.4, 0.5) is 11.4 Å². The highest BCUT2D eigenvalue weighted by atomic mass is 16.2. The van der Waals surface area contributed by atoms with E-state index in [-0.39, 0.29) is 5.91 Å². The van der Waals surface area contributed by atoms with Crippen LogP contribution in [0.1, 0.15) is 10.4 Å². The molecule has 2 aromatic carbocycles. The molecule has 0 spiro atoms. The number of amides is 1. The molecule has 0 bridgehead atoms. The van der Waals surface area contributed by atoms with Crippen LogP contribution in [-0.2, 0) is 0 Å². The van der Waals surface area contributed by atoms with E-state index >= 15 is 0 Å². The molecule has 0 aliphatic rings. The lowest BCUT2D eigenvalue weighted by molar-refractivity contribution is 0.0994. The summed E-state index contributed by atoms with van der Waals surface area (Å²) < 4.78 is 0. The fourth-order valence-corrected chi connectivity index (χ4v) is 2.20. The molecule has 1 heterocycles. The van der Waals surface area contributed by atoms with Crippen LogP contribution >= 0.6 is 0 Å². The van der Waals surface area contributed by atoms with Crippen LogP contribution in [0.25, 0.3) is 11.0 Å². The third-order valence-electron chi connectivity index (χ3n) is 3.29. The summed E-state index contributed by atoms with van der Waals surface area (Å²) in [5.74, 6) is -0.147. The van der Waals surface area contributed by atoms with E-state index in [2.05, 4.69) is 9.97 Å². The molecule has 0 aliphatic carbocycles. The first-order valence-electron chi connectivity index (χ1n) is 6.50. The van der Waals surface area contributed by atoms with E-state index in [0.29, 0.717) is 22.3 Å². The van der Waals surface area contributed by atoms with Crippen molar-refractivity contribution in [3.63, 3.8) is 0 Å². The lowest BCUT2D eigenvalue weighted by atomic mass is 10.1. The number of carbonyl (C=O) groups is 1. The van der Waals surface area contributed by atoms with E-state index in [1.54, 1.807) is 48.6 Å². The number of hydrogen-bond donors (Lipinski definition) is 1. The Morgan fingerprint density at radius 2 is 1.86 bits per heavy atom. The van der Waals surface area contributed by atoms with Crippen molar-refractivity contribution in [2.75, 3.05) is 17.7 Å². The largest absolute Gasteiger partial charge is 0.399 e. The quantitative estimate of drug-likeness (QED) is 0.731. The van der Waals surface area contributed by atoms with Gasteiger partial charge in [0.2, 0.25) is 0 Å². The van der Waals surface area contributed by atoms with Crippen LogP contribution in [0.15, 0.2) is 54.9 Å². The first-order valence-corrected chi connectivity index (χ1v) is 6.50. The van der Waals surface area contributed by atoms with Gasteiger partial charge in [-0.3, -0.25) is 14.8 Å². The molecule has 0 saturated carbocycles. The highest BCUT2D eigenvalue weighted by Gasteiger charge is 2.17. The number of aromatic nitrogens is 2. The van der Waals surface area contributed by atoms with Crippen molar-refractivity contribution in [2.24, 2.45) is 0 Å². The van der Waals surface area contributed by atoms with Gasteiger partial charge in [0.15, 0.2) is 0 Å². The topological polar surface area (TPSA) is 72.1 Å². The SMILES string of the molecule is CN(C(=O)c1cccc2nccnc12)c1cccc(N)c1. The predicted molar refractivity (Wildman–Crippen MR) is 83.1 cm³/mol. The Morgan fingerprint density at radius 1 is 1.10 bits per heavy atom. The molecule has 1 amide bonds. The summed E-state index contributed by atoms with van der Waals surface area (Å²) in [6.45, 7) is 0. The summed E-state index contributed by atoms with van der Waals surface area (Å²) in [5.41, 5.74) is 8.93. The van der Waals surface area contributed by atoms with Crippen molar-refractivity contribution in [1.82, 2.24) is 9.97 Å². The lowest BCUT2D eigenvalue weighted by Gasteiger charge is -2.18. The van der Waals surface area contributed by atoms with Gasteiger partial charge in [-0.15, -0.1) is 0 Å². The number of benzene rings is 2. The van der Waals surface area contributed by atoms with Crippen molar-refractivity contribution >= 4 is 28.3 Å². The normalized spacial score (nSPS) is 10.5. The number of fused-ring (bicyclic) bond motifs is 1. The third-order valence-corrected chi connectivity index (χ3v) is 3.29. The average molecular weight is 278 g/mol. The van der Waals surface area contributed by atoms with Gasteiger partial charge in [-0.2, -0.15) is 0 Å². The van der Waals surface area contributed by atoms with Gasteiger partial charge in [-0.05, 0) is 30.3 Å². The second kappa shape index (κ2) is 5.20. The van der Waals surface area contributed by atoms with E-state index in [0.717, 1.165) is 5.69 Å². The maximum absolute atomic E-state index is 12.7. The minimum absolute atomic E-state index is 0.147. The van der Waals surface area contributed by atoms with Crippen LogP contribution in [0.2, 0.25) is 0 Å². The third kappa shape index (κ3) is 2.41. The van der Waals surface area contributed by atoms with E-state index in [1.807, 2.05) is 18.2 Å². The molecule has 3 rings (SSSR count). The number of nitrogen functional groups attached to an aromatic ring is 1. The molecule has 5 heteroatoms. The van der Waals surface area contributed by atoms with Crippen molar-refractivity contribution in [2.45, 2.75) is 0 Å². The molecule has 0 unspecified atom stereocenters. The predicted octanol–water partition coefficient (Wildman–Crippen LogP) is 2.49. The van der Waals surface area contributed by atoms with Crippen molar-refractivity contribution in [3.8, 4) is 0 Å². The standard InChI is InChI=1S/C16H14N4O/c1-20(12-5-2-4-11(17)10-12)16(21)13-6-3-7-14-15(13)19-9-8-18-14/h2-10H,17H2,1H3. The fraction of sp³-hybridized carbons (Fsp3) is 0.0625. The highest BCUT2D eigenvalue weighted by Crippen LogP contribution is 2.21. The molecular formula is C16H14N4O. The van der Waals surface area contributed by atoms with Gasteiger partial charge >= 0.3 is 0 Å². The Hall–Kier alpha value is -2.95. The molecule has 2 N–H and O–H groups in total. The van der Waals surface area contributed by atoms with Gasteiger partial charge < -0.3 is 10.6 Å². The van der Waals surface area contributed by atoms with Crippen LogP contribution in [0.5, 0.6) is 0 Å². The Kier molecular flexibility index (Phi) is 3.23. The Balaban J connectivity index is 2.04. The second-order valence-corrected chi connectivity index (χ2v) is 4.69. The minimum Gasteiger partial charge on any atom is -0.399 e. The number of nitrogens with zero attached hydrogens (tertiary/aromatic N) is 3. The van der Waals surface area contributed by atoms with Crippen LogP contribution in [-0.4, -0.2) is 22.9 Å². The molecule has 0 fully saturated rings. The summed E-state index contributed by atoms with van der Waals surface area (Å²) in [5, 5.41) is 0. The summed E-state index contributed by atoms with van der Waals surface area (Å²) in [4.78, 5) is 22.7. The molecule has 3 aromatic rings. The van der Waals surface area contributed by atoms with Gasteiger partial charge in [0.25, 0.3) is 5.91 Å². The van der Waals surface area contributed by atoms with E-state index in [1.165, 1.54) is 0 Å². The van der Waals surface area contributed by atoms with Gasteiger partial charge in [-0.1, -0.05) is 12.1 Å². The Bertz CT molecular complexity index is 811. The molecule has 0 atom stereocenters. The van der Waals surface area contributed by atoms with E-state index in [9.17, 15) is 4.79 Å². The molecule has 0 radical (unpaired) electrons. The summed E-state index contributed by atoms with van der Waals surface area (Å²) in [6.07, 6.45) is 3.19. The monoisotopic (exact) mass is 278 g/mol. The molecular weight excluding hydrogens is 264 g/mol. The van der Waals surface area contributed by atoms with Gasteiger partial charge in [0.1, 0.15) is 5.52 Å². The highest BCUT2D eigenvalue weighted by molar-refractivity contribution is 6.12. The number of rotatable bonds is 2. The van der Waals surface area contributed by atoms with Crippen LogP contribution in [0, 0.1) is 0 Å². The molecule has 0 saturated heterocycles. The second-order valence-electron chi connectivity index (χ2n) is 4.69. The zero-order chi connectivity index (χ0) is 14.8. The van der Waals surface area contributed by atoms with Crippen molar-refractivity contribution in [1.29, 1.82) is 0 Å². The number of nitrogens with two attached hydrogens (primary N) is 1. The lowest BCUT2D eigenvalue weighted by Crippen LogP contribution is -2.26. The zero-order valence-corrected chi connectivity index (χ0v) is 11.5. The van der Waals surface area contributed by atoms with E-state index in [4.69, 9.17) is 5.73 Å². The number of para-hydroxylation sites is 1. The molecule has 1 aromatic heterocycles. The smallest absolute Gasteiger partial charge is 0.260 e. The molecule has 5 nitrogen and oxygen atoms in total. The zero-order valence-electron chi connectivity index (χ0n) is 11.5. The average Bonchev–Trinajstić information content (AvgIpc) is 2.53. The number of carbonyl (C=O) groups excluding carboxylic acids is 1. The minimum atomic E-state index is -0.147. The molecule has 104 valence electrons. The first kappa shape index (κ1) is 13.1. The Morgan fingerprint density at radius 3 is 2.67 bits per heavy atom. The number of hydrogen-bond acceptors (Lipinski definition) is 4. The maximum Gasteiger partial charge on any atom is 0.260 e. The fourth-order valence-electron chi connectivity index (χ4n) is 2.20. The van der Waals surface area contributed by atoms with Crippen LogP contribution in [0.3, 0.4) is 0 Å². The summed E-state index contributed by atoms with van der Waals surface area (Å²) >= 11 is 0. The maximum atomic E-state index is 12.7. The Labute approximate surface area is 122 Å². The van der Waals surface area contributed by atoms with Crippen LogP contribution < -0.4 is 10.6 Å². The molecule has 21 heavy (non-hydrogen) atoms. The van der Waals surface area contributed by atoms with Crippen molar-refractivity contribution < 1.29 is 4.79 Å². The number of anilines is 2. The van der Waals surface area contributed by atoms with E-state index < -0.39 is 0 Å². The van der Waals surface area contributed by atoms with Gasteiger partial charge in [-0.25, -0.2) is 0 Å². The van der Waals surface area contributed by atoms with Crippen molar-refractivity contribution in [3.05, 3.63) is 60.4 Å². The molecule has 0 aliphatic heterocycles. The van der Waals surface area contributed by atoms with Gasteiger partial charge in [0, 0.05) is 30.8 Å². The van der Waals surface area contributed by atoms with Gasteiger partial charge in [0.05, 0.1) is 11.1 Å². The first-order chi connectivity index (χ1) is 10.2. The summed E-state index contributed by atoms with van der Waals surface area (Å²) in [6, 6.07) is 12.6.